The number of nitrogens with zero attached hydrogens (tertiary/aromatic N) is 1. The molecule has 4 rings (SSSR count). The monoisotopic (exact) mass is 368 g/mol. The molecular weight excluding hydrogens is 355 g/mol. The van der Waals surface area contributed by atoms with E-state index < -0.39 is 15.8 Å². The van der Waals surface area contributed by atoms with Gasteiger partial charge in [0.25, 0.3) is 10.0 Å². The standard InChI is InChI=1S/C19H13FN2O3S/c20-14-4-3-5-16(12-14)26(23,24)22-15-10-8-13(9-11-15)19-21-17-6-1-2-7-18(17)25-19/h1-12,22H. The fourth-order valence-electron chi connectivity index (χ4n) is 2.52. The Bertz CT molecular complexity index is 1150. The molecule has 0 aliphatic rings. The zero-order chi connectivity index (χ0) is 18.1. The molecule has 0 saturated carbocycles. The number of oxazole rings is 1. The SMILES string of the molecule is O=S(=O)(Nc1ccc(-c2nc3ccccc3o2)cc1)c1cccc(F)c1. The van der Waals surface area contributed by atoms with Crippen LogP contribution in [-0.4, -0.2) is 13.4 Å². The van der Waals surface area contributed by atoms with Gasteiger partial charge in [-0.05, 0) is 54.6 Å². The molecule has 7 heteroatoms. The predicted molar refractivity (Wildman–Crippen MR) is 96.7 cm³/mol. The molecule has 4 aromatic rings. The molecule has 3 aromatic carbocycles. The lowest BCUT2D eigenvalue weighted by Crippen LogP contribution is -2.13. The molecule has 1 N–H and O–H groups in total. The first-order chi connectivity index (χ1) is 12.5. The summed E-state index contributed by atoms with van der Waals surface area (Å²) in [7, 11) is -3.86. The largest absolute Gasteiger partial charge is 0.436 e. The predicted octanol–water partition coefficient (Wildman–Crippen LogP) is 4.43. The summed E-state index contributed by atoms with van der Waals surface area (Å²) in [6.45, 7) is 0. The average Bonchev–Trinajstić information content (AvgIpc) is 3.06. The van der Waals surface area contributed by atoms with Gasteiger partial charge in [-0.1, -0.05) is 18.2 Å². The summed E-state index contributed by atoms with van der Waals surface area (Å²) in [6, 6.07) is 18.9. The summed E-state index contributed by atoms with van der Waals surface area (Å²) < 4.78 is 46.0. The van der Waals surface area contributed by atoms with Crippen LogP contribution in [0.2, 0.25) is 0 Å². The van der Waals surface area contributed by atoms with E-state index in [2.05, 4.69) is 9.71 Å². The number of fused-ring (bicyclic) bond motifs is 1. The van der Waals surface area contributed by atoms with E-state index in [0.29, 0.717) is 17.2 Å². The average molecular weight is 368 g/mol. The molecule has 0 amide bonds. The molecule has 0 spiro atoms. The molecule has 0 aliphatic carbocycles. The lowest BCUT2D eigenvalue weighted by Gasteiger charge is -2.08. The Kier molecular flexibility index (Phi) is 3.93. The molecule has 5 nitrogen and oxygen atoms in total. The third-order valence-corrected chi connectivity index (χ3v) is 5.16. The van der Waals surface area contributed by atoms with Crippen LogP contribution >= 0.6 is 0 Å². The van der Waals surface area contributed by atoms with Crippen LogP contribution in [0, 0.1) is 5.82 Å². The molecular formula is C19H13FN2O3S. The summed E-state index contributed by atoms with van der Waals surface area (Å²) >= 11 is 0. The molecule has 1 heterocycles. The van der Waals surface area contributed by atoms with Crippen LogP contribution < -0.4 is 4.72 Å². The van der Waals surface area contributed by atoms with E-state index in [-0.39, 0.29) is 4.90 Å². The topological polar surface area (TPSA) is 72.2 Å². The van der Waals surface area contributed by atoms with Gasteiger partial charge in [0.15, 0.2) is 5.58 Å². The Balaban J connectivity index is 1.59. The van der Waals surface area contributed by atoms with Crippen molar-refractivity contribution in [2.45, 2.75) is 4.90 Å². The van der Waals surface area contributed by atoms with E-state index in [1.807, 2.05) is 24.3 Å². The van der Waals surface area contributed by atoms with Gasteiger partial charge in [-0.25, -0.2) is 17.8 Å². The van der Waals surface area contributed by atoms with Crippen LogP contribution in [0.15, 0.2) is 82.1 Å². The van der Waals surface area contributed by atoms with Gasteiger partial charge in [0.1, 0.15) is 11.3 Å². The molecule has 1 aromatic heterocycles. The van der Waals surface area contributed by atoms with Crippen LogP contribution in [0.4, 0.5) is 10.1 Å². The molecule has 0 radical (unpaired) electrons. The van der Waals surface area contributed by atoms with Crippen molar-refractivity contribution < 1.29 is 17.2 Å². The first-order valence-corrected chi connectivity index (χ1v) is 9.24. The molecule has 130 valence electrons. The molecule has 0 atom stereocenters. The summed E-state index contributed by atoms with van der Waals surface area (Å²) in [4.78, 5) is 4.26. The summed E-state index contributed by atoms with van der Waals surface area (Å²) in [5.41, 5.74) is 2.50. The number of halogens is 1. The van der Waals surface area contributed by atoms with Crippen molar-refractivity contribution in [1.82, 2.24) is 4.98 Å². The number of aromatic nitrogens is 1. The zero-order valence-electron chi connectivity index (χ0n) is 13.4. The van der Waals surface area contributed by atoms with Crippen molar-refractivity contribution in [3.8, 4) is 11.5 Å². The number of sulfonamides is 1. The van der Waals surface area contributed by atoms with Gasteiger partial charge in [0, 0.05) is 11.3 Å². The number of nitrogens with one attached hydrogen (secondary N) is 1. The maximum Gasteiger partial charge on any atom is 0.261 e. The highest BCUT2D eigenvalue weighted by atomic mass is 32.2. The Morgan fingerprint density at radius 1 is 0.923 bits per heavy atom. The van der Waals surface area contributed by atoms with Crippen LogP contribution in [0.25, 0.3) is 22.6 Å². The minimum Gasteiger partial charge on any atom is -0.436 e. The summed E-state index contributed by atoms with van der Waals surface area (Å²) in [6.07, 6.45) is 0. The van der Waals surface area contributed by atoms with Crippen molar-refractivity contribution >= 4 is 26.8 Å². The van der Waals surface area contributed by atoms with Crippen LogP contribution in [-0.2, 0) is 10.0 Å². The number of hydrogen-bond donors (Lipinski definition) is 1. The van der Waals surface area contributed by atoms with Crippen molar-refractivity contribution in [2.24, 2.45) is 0 Å². The summed E-state index contributed by atoms with van der Waals surface area (Å²) in [5.74, 6) is -0.162. The maximum absolute atomic E-state index is 13.3. The van der Waals surface area contributed by atoms with E-state index in [4.69, 9.17) is 4.42 Å². The lowest BCUT2D eigenvalue weighted by molar-refractivity contribution is 0.595. The first-order valence-electron chi connectivity index (χ1n) is 7.76. The summed E-state index contributed by atoms with van der Waals surface area (Å²) in [5, 5.41) is 0. The zero-order valence-corrected chi connectivity index (χ0v) is 14.2. The number of hydrogen-bond acceptors (Lipinski definition) is 4. The Morgan fingerprint density at radius 3 is 2.42 bits per heavy atom. The van der Waals surface area contributed by atoms with Gasteiger partial charge in [-0.2, -0.15) is 0 Å². The lowest BCUT2D eigenvalue weighted by atomic mass is 10.2. The van der Waals surface area contributed by atoms with Gasteiger partial charge < -0.3 is 4.42 Å². The van der Waals surface area contributed by atoms with Crippen molar-refractivity contribution in [3.63, 3.8) is 0 Å². The van der Waals surface area contributed by atoms with Crippen molar-refractivity contribution in [2.75, 3.05) is 4.72 Å². The number of benzene rings is 3. The molecule has 0 fully saturated rings. The fourth-order valence-corrected chi connectivity index (χ4v) is 3.61. The second kappa shape index (κ2) is 6.27. The van der Waals surface area contributed by atoms with Crippen molar-refractivity contribution in [3.05, 3.63) is 78.6 Å². The highest BCUT2D eigenvalue weighted by Gasteiger charge is 2.15. The Morgan fingerprint density at radius 2 is 1.69 bits per heavy atom. The van der Waals surface area contributed by atoms with Crippen LogP contribution in [0.5, 0.6) is 0 Å². The molecule has 0 aliphatic heterocycles. The van der Waals surface area contributed by atoms with E-state index in [0.717, 1.165) is 17.1 Å². The van der Waals surface area contributed by atoms with Gasteiger partial charge in [-0.3, -0.25) is 4.72 Å². The highest BCUT2D eigenvalue weighted by Crippen LogP contribution is 2.26. The minimum atomic E-state index is -3.86. The number of anilines is 1. The third-order valence-electron chi connectivity index (χ3n) is 3.78. The molecule has 0 unspecified atom stereocenters. The fraction of sp³-hybridized carbons (Fsp3) is 0. The van der Waals surface area contributed by atoms with Crippen LogP contribution in [0.1, 0.15) is 0 Å². The van der Waals surface area contributed by atoms with Gasteiger partial charge >= 0.3 is 0 Å². The van der Waals surface area contributed by atoms with Crippen molar-refractivity contribution in [1.29, 1.82) is 0 Å². The van der Waals surface area contributed by atoms with E-state index in [1.165, 1.54) is 18.2 Å². The smallest absolute Gasteiger partial charge is 0.261 e. The maximum atomic E-state index is 13.3. The second-order valence-corrected chi connectivity index (χ2v) is 7.31. The van der Waals surface area contributed by atoms with Gasteiger partial charge in [-0.15, -0.1) is 0 Å². The quantitative estimate of drug-likeness (QED) is 0.578. The number of rotatable bonds is 4. The minimum absolute atomic E-state index is 0.138. The van der Waals surface area contributed by atoms with E-state index in [9.17, 15) is 12.8 Å². The van der Waals surface area contributed by atoms with E-state index in [1.54, 1.807) is 24.3 Å². The molecule has 26 heavy (non-hydrogen) atoms. The van der Waals surface area contributed by atoms with Gasteiger partial charge in [0.05, 0.1) is 4.90 Å². The molecule has 0 bridgehead atoms. The second-order valence-electron chi connectivity index (χ2n) is 5.63. The molecule has 0 saturated heterocycles. The Labute approximate surface area is 149 Å². The normalized spacial score (nSPS) is 11.6. The third kappa shape index (κ3) is 3.16. The Hall–Kier alpha value is -3.19. The highest BCUT2D eigenvalue weighted by molar-refractivity contribution is 7.92. The van der Waals surface area contributed by atoms with E-state index >= 15 is 0 Å². The first kappa shape index (κ1) is 16.3. The number of para-hydroxylation sites is 2. The van der Waals surface area contributed by atoms with Crippen LogP contribution in [0.3, 0.4) is 0 Å². The van der Waals surface area contributed by atoms with Gasteiger partial charge in [0.2, 0.25) is 5.89 Å².